The van der Waals surface area contributed by atoms with Gasteiger partial charge in [-0.3, -0.25) is 4.98 Å². The predicted octanol–water partition coefficient (Wildman–Crippen LogP) is 2.78. The molecule has 15 heavy (non-hydrogen) atoms. The fourth-order valence-electron chi connectivity index (χ4n) is 1.51. The zero-order valence-corrected chi connectivity index (χ0v) is 8.37. The Morgan fingerprint density at radius 3 is 2.73 bits per heavy atom. The van der Waals surface area contributed by atoms with Gasteiger partial charge in [-0.2, -0.15) is 0 Å². The molecule has 0 saturated heterocycles. The Morgan fingerprint density at radius 1 is 1.20 bits per heavy atom. The van der Waals surface area contributed by atoms with E-state index in [0.29, 0.717) is 11.3 Å². The predicted molar refractivity (Wildman–Crippen MR) is 58.8 cm³/mol. The minimum absolute atomic E-state index is 0.289. The molecule has 2 nitrogen and oxygen atoms in total. The quantitative estimate of drug-likeness (QED) is 0.722. The molecule has 0 spiro atoms. The highest BCUT2D eigenvalue weighted by atomic mass is 19.1. The van der Waals surface area contributed by atoms with Crippen molar-refractivity contribution in [3.05, 3.63) is 48.0 Å². The molecule has 1 heterocycles. The molecule has 0 aliphatic heterocycles. The number of aromatic nitrogens is 1. The molecule has 0 fully saturated rings. The van der Waals surface area contributed by atoms with E-state index in [9.17, 15) is 4.39 Å². The number of hydrogen-bond donors (Lipinski definition) is 1. The maximum absolute atomic E-state index is 13.1. The highest BCUT2D eigenvalue weighted by Gasteiger charge is 2.06. The summed E-state index contributed by atoms with van der Waals surface area (Å²) in [5.74, 6) is -0.289. The van der Waals surface area contributed by atoms with E-state index in [-0.39, 0.29) is 5.82 Å². The maximum Gasteiger partial charge on any atom is 0.123 e. The van der Waals surface area contributed by atoms with Gasteiger partial charge in [-0.05, 0) is 36.8 Å². The zero-order chi connectivity index (χ0) is 10.8. The van der Waals surface area contributed by atoms with E-state index in [0.717, 1.165) is 11.1 Å². The Morgan fingerprint density at radius 2 is 2.00 bits per heavy atom. The summed E-state index contributed by atoms with van der Waals surface area (Å²) in [5.41, 5.74) is 8.95. The second kappa shape index (κ2) is 3.69. The average Bonchev–Trinajstić information content (AvgIpc) is 2.23. The highest BCUT2D eigenvalue weighted by molar-refractivity contribution is 5.77. The van der Waals surface area contributed by atoms with Crippen molar-refractivity contribution in [3.63, 3.8) is 0 Å². The van der Waals surface area contributed by atoms with Gasteiger partial charge >= 0.3 is 0 Å². The van der Waals surface area contributed by atoms with Crippen molar-refractivity contribution in [2.75, 3.05) is 5.73 Å². The van der Waals surface area contributed by atoms with Crippen LogP contribution in [0, 0.1) is 12.7 Å². The second-order valence-corrected chi connectivity index (χ2v) is 3.42. The van der Waals surface area contributed by atoms with Crippen LogP contribution in [0.3, 0.4) is 0 Å². The van der Waals surface area contributed by atoms with Gasteiger partial charge in [-0.25, -0.2) is 4.39 Å². The summed E-state index contributed by atoms with van der Waals surface area (Å²) in [4.78, 5) is 4.01. The minimum Gasteiger partial charge on any atom is -0.398 e. The van der Waals surface area contributed by atoms with E-state index in [1.807, 2.05) is 13.0 Å². The molecular weight excluding hydrogens is 191 g/mol. The molecule has 2 aromatic rings. The van der Waals surface area contributed by atoms with Gasteiger partial charge in [0.2, 0.25) is 0 Å². The first kappa shape index (κ1) is 9.65. The number of benzene rings is 1. The smallest absolute Gasteiger partial charge is 0.123 e. The molecule has 76 valence electrons. The first-order chi connectivity index (χ1) is 7.18. The molecule has 0 aliphatic carbocycles. The third-order valence-corrected chi connectivity index (χ3v) is 2.34. The lowest BCUT2D eigenvalue weighted by Gasteiger charge is -2.08. The number of halogens is 1. The summed E-state index contributed by atoms with van der Waals surface area (Å²) < 4.78 is 13.1. The van der Waals surface area contributed by atoms with Gasteiger partial charge in [-0.15, -0.1) is 0 Å². The first-order valence-electron chi connectivity index (χ1n) is 4.64. The summed E-state index contributed by atoms with van der Waals surface area (Å²) >= 11 is 0. The Bertz CT molecular complexity index is 495. The van der Waals surface area contributed by atoms with Crippen molar-refractivity contribution in [2.24, 2.45) is 0 Å². The fourth-order valence-corrected chi connectivity index (χ4v) is 1.51. The largest absolute Gasteiger partial charge is 0.398 e. The number of hydrogen-bond acceptors (Lipinski definition) is 2. The van der Waals surface area contributed by atoms with Gasteiger partial charge < -0.3 is 5.73 Å². The van der Waals surface area contributed by atoms with Gasteiger partial charge in [0, 0.05) is 29.2 Å². The number of nitrogen functional groups attached to an aromatic ring is 1. The van der Waals surface area contributed by atoms with Crippen LogP contribution >= 0.6 is 0 Å². The first-order valence-corrected chi connectivity index (χ1v) is 4.64. The number of anilines is 1. The summed E-state index contributed by atoms with van der Waals surface area (Å²) in [6.07, 6.45) is 3.40. The maximum atomic E-state index is 13.1. The molecule has 0 aliphatic rings. The van der Waals surface area contributed by atoms with Crippen molar-refractivity contribution in [1.82, 2.24) is 4.98 Å². The third-order valence-electron chi connectivity index (χ3n) is 2.34. The van der Waals surface area contributed by atoms with Crippen molar-refractivity contribution >= 4 is 5.69 Å². The number of nitrogens with zero attached hydrogens (tertiary/aromatic N) is 1. The van der Waals surface area contributed by atoms with Crippen LogP contribution in [0.4, 0.5) is 10.1 Å². The number of pyridine rings is 1. The minimum atomic E-state index is -0.289. The molecule has 0 radical (unpaired) electrons. The van der Waals surface area contributed by atoms with Gasteiger partial charge in [0.15, 0.2) is 0 Å². The van der Waals surface area contributed by atoms with Crippen LogP contribution < -0.4 is 5.73 Å². The van der Waals surface area contributed by atoms with Gasteiger partial charge in [0.1, 0.15) is 5.82 Å². The molecule has 3 heteroatoms. The Labute approximate surface area is 87.6 Å². The molecule has 1 aromatic carbocycles. The van der Waals surface area contributed by atoms with Crippen LogP contribution in [0.25, 0.3) is 11.1 Å². The second-order valence-electron chi connectivity index (χ2n) is 3.42. The van der Waals surface area contributed by atoms with Gasteiger partial charge in [0.25, 0.3) is 0 Å². The highest BCUT2D eigenvalue weighted by Crippen LogP contribution is 2.28. The summed E-state index contributed by atoms with van der Waals surface area (Å²) in [6, 6.07) is 6.22. The molecule has 0 atom stereocenters. The van der Waals surface area contributed by atoms with Gasteiger partial charge in [0.05, 0.1) is 0 Å². The zero-order valence-electron chi connectivity index (χ0n) is 8.37. The van der Waals surface area contributed by atoms with Crippen molar-refractivity contribution in [3.8, 4) is 11.1 Å². The lowest BCUT2D eigenvalue weighted by atomic mass is 10.0. The molecule has 0 amide bonds. The van der Waals surface area contributed by atoms with Crippen LogP contribution in [0.15, 0.2) is 36.7 Å². The topological polar surface area (TPSA) is 38.9 Å². The number of aryl methyl sites for hydroxylation is 1. The van der Waals surface area contributed by atoms with Crippen LogP contribution in [0.5, 0.6) is 0 Å². The third kappa shape index (κ3) is 1.81. The monoisotopic (exact) mass is 202 g/mol. The normalized spacial score (nSPS) is 10.3. The van der Waals surface area contributed by atoms with Crippen molar-refractivity contribution < 1.29 is 4.39 Å². The van der Waals surface area contributed by atoms with E-state index in [1.165, 1.54) is 12.1 Å². The van der Waals surface area contributed by atoms with E-state index in [1.54, 1.807) is 18.5 Å². The Balaban J connectivity index is 2.64. The van der Waals surface area contributed by atoms with Crippen LogP contribution in [-0.2, 0) is 0 Å². The molecular formula is C12H11FN2. The van der Waals surface area contributed by atoms with E-state index in [4.69, 9.17) is 5.73 Å². The van der Waals surface area contributed by atoms with Crippen LogP contribution in [0.1, 0.15) is 5.56 Å². The molecule has 2 N–H and O–H groups in total. The SMILES string of the molecule is Cc1ccncc1-c1cc(F)ccc1N. The van der Waals surface area contributed by atoms with Crippen LogP contribution in [-0.4, -0.2) is 4.98 Å². The fraction of sp³-hybridized carbons (Fsp3) is 0.0833. The number of nitrogens with two attached hydrogens (primary N) is 1. The van der Waals surface area contributed by atoms with Crippen molar-refractivity contribution in [2.45, 2.75) is 6.92 Å². The Kier molecular flexibility index (Phi) is 2.37. The lowest BCUT2D eigenvalue weighted by molar-refractivity contribution is 0.628. The van der Waals surface area contributed by atoms with Gasteiger partial charge in [-0.1, -0.05) is 0 Å². The average molecular weight is 202 g/mol. The summed E-state index contributed by atoms with van der Waals surface area (Å²) in [6.45, 7) is 1.95. The molecule has 0 unspecified atom stereocenters. The Hall–Kier alpha value is -1.90. The van der Waals surface area contributed by atoms with E-state index >= 15 is 0 Å². The van der Waals surface area contributed by atoms with Crippen molar-refractivity contribution in [1.29, 1.82) is 0 Å². The van der Waals surface area contributed by atoms with E-state index in [2.05, 4.69) is 4.98 Å². The molecule has 0 saturated carbocycles. The molecule has 2 rings (SSSR count). The lowest BCUT2D eigenvalue weighted by Crippen LogP contribution is -1.93. The molecule has 0 bridgehead atoms. The summed E-state index contributed by atoms with van der Waals surface area (Å²) in [7, 11) is 0. The summed E-state index contributed by atoms with van der Waals surface area (Å²) in [5, 5.41) is 0. The van der Waals surface area contributed by atoms with Crippen LogP contribution in [0.2, 0.25) is 0 Å². The number of rotatable bonds is 1. The van der Waals surface area contributed by atoms with E-state index < -0.39 is 0 Å². The standard InChI is InChI=1S/C12H11FN2/c1-8-4-5-15-7-11(8)10-6-9(13)2-3-12(10)14/h2-7H,14H2,1H3. The molecule has 1 aromatic heterocycles.